The van der Waals surface area contributed by atoms with E-state index in [1.165, 1.54) is 10.4 Å². The van der Waals surface area contributed by atoms with Gasteiger partial charge in [0.1, 0.15) is 0 Å². The van der Waals surface area contributed by atoms with E-state index in [0.29, 0.717) is 12.0 Å². The number of hydrogen-bond acceptors (Lipinski definition) is 2. The molecule has 0 spiro atoms. The SMILES string of the molecule is CC(C)[C@@H]1OCCc2sccc21. The van der Waals surface area contributed by atoms with Crippen molar-refractivity contribution in [2.24, 2.45) is 5.92 Å². The summed E-state index contributed by atoms with van der Waals surface area (Å²) in [6.45, 7) is 5.34. The Labute approximate surface area is 77.4 Å². The van der Waals surface area contributed by atoms with Gasteiger partial charge in [-0.3, -0.25) is 0 Å². The lowest BCUT2D eigenvalue weighted by molar-refractivity contribution is 0.0126. The molecule has 1 aliphatic heterocycles. The van der Waals surface area contributed by atoms with Crippen molar-refractivity contribution < 1.29 is 4.74 Å². The van der Waals surface area contributed by atoms with E-state index in [0.717, 1.165) is 13.0 Å². The van der Waals surface area contributed by atoms with Crippen molar-refractivity contribution in [1.82, 2.24) is 0 Å². The lowest BCUT2D eigenvalue weighted by Crippen LogP contribution is -2.18. The van der Waals surface area contributed by atoms with Crippen LogP contribution in [0, 0.1) is 5.92 Å². The smallest absolute Gasteiger partial charge is 0.0858 e. The first-order chi connectivity index (χ1) is 5.79. The fraction of sp³-hybridized carbons (Fsp3) is 0.600. The zero-order valence-corrected chi connectivity index (χ0v) is 8.36. The maximum absolute atomic E-state index is 5.73. The number of hydrogen-bond donors (Lipinski definition) is 0. The van der Waals surface area contributed by atoms with E-state index in [4.69, 9.17) is 4.74 Å². The van der Waals surface area contributed by atoms with Gasteiger partial charge >= 0.3 is 0 Å². The van der Waals surface area contributed by atoms with Crippen LogP contribution in [-0.2, 0) is 11.2 Å². The van der Waals surface area contributed by atoms with Gasteiger partial charge in [-0.1, -0.05) is 13.8 Å². The van der Waals surface area contributed by atoms with Crippen LogP contribution in [0.4, 0.5) is 0 Å². The molecule has 0 aliphatic carbocycles. The second kappa shape index (κ2) is 3.19. The normalized spacial score (nSPS) is 22.8. The third-order valence-electron chi connectivity index (χ3n) is 2.32. The summed E-state index contributed by atoms with van der Waals surface area (Å²) in [5, 5.41) is 2.18. The summed E-state index contributed by atoms with van der Waals surface area (Å²) < 4.78 is 5.73. The van der Waals surface area contributed by atoms with E-state index in [1.807, 2.05) is 11.3 Å². The van der Waals surface area contributed by atoms with Crippen LogP contribution in [0.15, 0.2) is 11.4 Å². The van der Waals surface area contributed by atoms with E-state index < -0.39 is 0 Å². The second-order valence-corrected chi connectivity index (χ2v) is 4.59. The summed E-state index contributed by atoms with van der Waals surface area (Å²) >= 11 is 1.87. The van der Waals surface area contributed by atoms with Crippen LogP contribution in [-0.4, -0.2) is 6.61 Å². The first kappa shape index (κ1) is 8.27. The van der Waals surface area contributed by atoms with Crippen LogP contribution >= 0.6 is 11.3 Å². The number of fused-ring (bicyclic) bond motifs is 1. The molecule has 2 rings (SSSR count). The van der Waals surface area contributed by atoms with Crippen LogP contribution in [0.5, 0.6) is 0 Å². The lowest BCUT2D eigenvalue weighted by atomic mass is 9.97. The van der Waals surface area contributed by atoms with Gasteiger partial charge in [-0.25, -0.2) is 0 Å². The molecule has 0 amide bonds. The first-order valence-corrected chi connectivity index (χ1v) is 5.35. The van der Waals surface area contributed by atoms with Crippen molar-refractivity contribution in [3.63, 3.8) is 0 Å². The van der Waals surface area contributed by atoms with Crippen molar-refractivity contribution in [3.8, 4) is 0 Å². The molecule has 0 fully saturated rings. The summed E-state index contributed by atoms with van der Waals surface area (Å²) in [5.41, 5.74) is 1.43. The Bertz CT molecular complexity index is 265. The third-order valence-corrected chi connectivity index (χ3v) is 3.31. The molecule has 1 nitrogen and oxygen atoms in total. The number of thiophene rings is 1. The third kappa shape index (κ3) is 1.29. The Balaban J connectivity index is 2.31. The molecule has 1 aromatic heterocycles. The molecular formula is C10H14OS. The fourth-order valence-electron chi connectivity index (χ4n) is 1.73. The molecule has 0 saturated carbocycles. The summed E-state index contributed by atoms with van der Waals surface area (Å²) in [5.74, 6) is 0.596. The van der Waals surface area contributed by atoms with Crippen LogP contribution < -0.4 is 0 Å². The van der Waals surface area contributed by atoms with Gasteiger partial charge in [0, 0.05) is 11.3 Å². The van der Waals surface area contributed by atoms with E-state index in [1.54, 1.807) is 0 Å². The average Bonchev–Trinajstić information content (AvgIpc) is 2.49. The van der Waals surface area contributed by atoms with E-state index >= 15 is 0 Å². The molecule has 0 bridgehead atoms. The molecule has 0 radical (unpaired) electrons. The standard InChI is InChI=1S/C10H14OS/c1-7(2)10-8-4-6-12-9(8)3-5-11-10/h4,6-7,10H,3,5H2,1-2H3/t10-/m0/s1. The van der Waals surface area contributed by atoms with Crippen molar-refractivity contribution in [1.29, 1.82) is 0 Å². The molecule has 1 aliphatic rings. The maximum atomic E-state index is 5.73. The molecule has 0 N–H and O–H groups in total. The fourth-order valence-corrected chi connectivity index (χ4v) is 2.63. The zero-order chi connectivity index (χ0) is 8.55. The highest BCUT2D eigenvalue weighted by Gasteiger charge is 2.23. The minimum Gasteiger partial charge on any atom is -0.373 e. The molecule has 0 saturated heterocycles. The monoisotopic (exact) mass is 182 g/mol. The summed E-state index contributed by atoms with van der Waals surface area (Å²) in [4.78, 5) is 1.53. The highest BCUT2D eigenvalue weighted by molar-refractivity contribution is 7.10. The Kier molecular flexibility index (Phi) is 2.20. The van der Waals surface area contributed by atoms with E-state index in [9.17, 15) is 0 Å². The van der Waals surface area contributed by atoms with Crippen molar-refractivity contribution >= 4 is 11.3 Å². The minimum absolute atomic E-state index is 0.347. The van der Waals surface area contributed by atoms with Gasteiger partial charge in [0.05, 0.1) is 12.7 Å². The van der Waals surface area contributed by atoms with Crippen LogP contribution in [0.2, 0.25) is 0 Å². The zero-order valence-electron chi connectivity index (χ0n) is 7.54. The topological polar surface area (TPSA) is 9.23 Å². The summed E-state index contributed by atoms with van der Waals surface area (Å²) in [6.07, 6.45) is 1.45. The summed E-state index contributed by atoms with van der Waals surface area (Å²) in [6, 6.07) is 2.21. The Morgan fingerprint density at radius 1 is 1.58 bits per heavy atom. The lowest BCUT2D eigenvalue weighted by Gasteiger charge is -2.26. The van der Waals surface area contributed by atoms with Gasteiger partial charge in [-0.05, 0) is 22.9 Å². The molecule has 0 aromatic carbocycles. The molecule has 0 unspecified atom stereocenters. The molecule has 2 heteroatoms. The first-order valence-electron chi connectivity index (χ1n) is 4.47. The number of ether oxygens (including phenoxy) is 1. The van der Waals surface area contributed by atoms with Gasteiger partial charge < -0.3 is 4.74 Å². The van der Waals surface area contributed by atoms with Crippen molar-refractivity contribution in [2.45, 2.75) is 26.4 Å². The molecule has 12 heavy (non-hydrogen) atoms. The molecule has 1 aromatic rings. The van der Waals surface area contributed by atoms with Gasteiger partial charge in [-0.2, -0.15) is 0 Å². The maximum Gasteiger partial charge on any atom is 0.0858 e. The predicted molar refractivity (Wildman–Crippen MR) is 51.6 cm³/mol. The average molecular weight is 182 g/mol. The Hall–Kier alpha value is -0.340. The van der Waals surface area contributed by atoms with Crippen LogP contribution in [0.25, 0.3) is 0 Å². The summed E-state index contributed by atoms with van der Waals surface area (Å²) in [7, 11) is 0. The quantitative estimate of drug-likeness (QED) is 0.648. The predicted octanol–water partition coefficient (Wildman–Crippen LogP) is 3.02. The van der Waals surface area contributed by atoms with Crippen molar-refractivity contribution in [2.75, 3.05) is 6.61 Å². The highest BCUT2D eigenvalue weighted by Crippen LogP contribution is 2.35. The van der Waals surface area contributed by atoms with Crippen LogP contribution in [0.3, 0.4) is 0 Å². The van der Waals surface area contributed by atoms with E-state index in [2.05, 4.69) is 25.3 Å². The van der Waals surface area contributed by atoms with Gasteiger partial charge in [0.15, 0.2) is 0 Å². The molecule has 66 valence electrons. The Morgan fingerprint density at radius 2 is 2.42 bits per heavy atom. The highest BCUT2D eigenvalue weighted by atomic mass is 32.1. The molecule has 2 heterocycles. The Morgan fingerprint density at radius 3 is 3.17 bits per heavy atom. The van der Waals surface area contributed by atoms with E-state index in [-0.39, 0.29) is 0 Å². The second-order valence-electron chi connectivity index (χ2n) is 3.58. The van der Waals surface area contributed by atoms with Gasteiger partial charge in [0.25, 0.3) is 0 Å². The van der Waals surface area contributed by atoms with Crippen molar-refractivity contribution in [3.05, 3.63) is 21.9 Å². The molecular weight excluding hydrogens is 168 g/mol. The molecule has 1 atom stereocenters. The minimum atomic E-state index is 0.347. The number of rotatable bonds is 1. The van der Waals surface area contributed by atoms with Gasteiger partial charge in [0.2, 0.25) is 0 Å². The largest absolute Gasteiger partial charge is 0.373 e. The van der Waals surface area contributed by atoms with Crippen LogP contribution in [0.1, 0.15) is 30.4 Å². The van der Waals surface area contributed by atoms with Gasteiger partial charge in [-0.15, -0.1) is 11.3 Å².